The first kappa shape index (κ1) is 22.6. The quantitative estimate of drug-likeness (QED) is 0.425. The topological polar surface area (TPSA) is 114 Å². The van der Waals surface area contributed by atoms with E-state index >= 15 is 0 Å². The van der Waals surface area contributed by atoms with Gasteiger partial charge in [0.25, 0.3) is 5.56 Å². The first-order valence-corrected chi connectivity index (χ1v) is 10.6. The maximum Gasteiger partial charge on any atom is 0.329 e. The number of benzene rings is 1. The van der Waals surface area contributed by atoms with Crippen molar-refractivity contribution in [2.45, 2.75) is 52.7 Å². The van der Waals surface area contributed by atoms with Crippen LogP contribution in [0, 0.1) is 13.8 Å². The van der Waals surface area contributed by atoms with E-state index in [2.05, 4.69) is 22.2 Å². The molecule has 9 heteroatoms. The maximum absolute atomic E-state index is 12.5. The third-order valence-electron chi connectivity index (χ3n) is 5.38. The van der Waals surface area contributed by atoms with Crippen molar-refractivity contribution < 1.29 is 9.84 Å². The molecule has 2 heterocycles. The third kappa shape index (κ3) is 5.16. The van der Waals surface area contributed by atoms with E-state index in [4.69, 9.17) is 4.74 Å². The first-order chi connectivity index (χ1) is 14.8. The van der Waals surface area contributed by atoms with E-state index in [9.17, 15) is 14.7 Å². The summed E-state index contributed by atoms with van der Waals surface area (Å²) < 4.78 is 8.66. The minimum absolute atomic E-state index is 0.0567. The Morgan fingerprint density at radius 3 is 2.71 bits per heavy atom. The molecule has 9 nitrogen and oxygen atoms in total. The molecule has 3 rings (SSSR count). The zero-order valence-corrected chi connectivity index (χ0v) is 18.6. The Hall–Kier alpha value is -3.07. The van der Waals surface area contributed by atoms with E-state index in [0.717, 1.165) is 24.8 Å². The van der Waals surface area contributed by atoms with Gasteiger partial charge in [0.1, 0.15) is 18.5 Å². The molecular formula is C22H31N5O4. The number of anilines is 1. The predicted molar refractivity (Wildman–Crippen MR) is 121 cm³/mol. The van der Waals surface area contributed by atoms with Gasteiger partial charge in [-0.3, -0.25) is 14.3 Å². The van der Waals surface area contributed by atoms with Crippen molar-refractivity contribution in [3.8, 4) is 5.75 Å². The number of aromatic amines is 1. The van der Waals surface area contributed by atoms with Gasteiger partial charge < -0.3 is 19.7 Å². The number of aromatic nitrogens is 4. The fourth-order valence-electron chi connectivity index (χ4n) is 3.38. The predicted octanol–water partition coefficient (Wildman–Crippen LogP) is 2.08. The first-order valence-electron chi connectivity index (χ1n) is 10.6. The minimum Gasteiger partial charge on any atom is -0.491 e. The van der Waals surface area contributed by atoms with Gasteiger partial charge in [-0.2, -0.15) is 4.98 Å². The standard InChI is InChI=1S/C22H31N5O4/c1-5-6-7-10-23-21-24-19-18(20(29)25-22(30)26(19)4)27(21)12-16(28)13-31-17-9-8-14(2)15(3)11-17/h8-9,11,16,28H,5-7,10,12-13H2,1-4H3,(H,23,24)(H,25,29,30)/t16-/m1/s1. The van der Waals surface area contributed by atoms with E-state index in [1.165, 1.54) is 10.1 Å². The van der Waals surface area contributed by atoms with Crippen LogP contribution in [0.15, 0.2) is 27.8 Å². The van der Waals surface area contributed by atoms with Crippen LogP contribution in [-0.4, -0.2) is 43.5 Å². The second kappa shape index (κ2) is 9.82. The molecule has 0 fully saturated rings. The minimum atomic E-state index is -0.883. The number of hydrogen-bond acceptors (Lipinski definition) is 6. The number of ether oxygens (including phenoxy) is 1. The van der Waals surface area contributed by atoms with Gasteiger partial charge in [-0.15, -0.1) is 0 Å². The molecule has 168 valence electrons. The van der Waals surface area contributed by atoms with Gasteiger partial charge in [-0.1, -0.05) is 25.8 Å². The molecule has 0 radical (unpaired) electrons. The van der Waals surface area contributed by atoms with Crippen LogP contribution in [0.3, 0.4) is 0 Å². The lowest BCUT2D eigenvalue weighted by atomic mass is 10.1. The number of fused-ring (bicyclic) bond motifs is 1. The van der Waals surface area contributed by atoms with Gasteiger partial charge in [0.2, 0.25) is 5.95 Å². The van der Waals surface area contributed by atoms with Crippen LogP contribution in [0.25, 0.3) is 11.2 Å². The van der Waals surface area contributed by atoms with E-state index in [0.29, 0.717) is 18.2 Å². The summed E-state index contributed by atoms with van der Waals surface area (Å²) in [4.78, 5) is 31.3. The normalized spacial score (nSPS) is 12.3. The summed E-state index contributed by atoms with van der Waals surface area (Å²) >= 11 is 0. The fourth-order valence-corrected chi connectivity index (χ4v) is 3.38. The summed E-state index contributed by atoms with van der Waals surface area (Å²) in [6, 6.07) is 5.76. The van der Waals surface area contributed by atoms with Crippen molar-refractivity contribution >= 4 is 17.1 Å². The van der Waals surface area contributed by atoms with Gasteiger partial charge in [-0.05, 0) is 43.5 Å². The Bertz CT molecular complexity index is 1160. The van der Waals surface area contributed by atoms with Crippen molar-refractivity contribution in [2.24, 2.45) is 7.05 Å². The molecular weight excluding hydrogens is 398 g/mol. The number of unbranched alkanes of at least 4 members (excludes halogenated alkanes) is 2. The van der Waals surface area contributed by atoms with E-state index < -0.39 is 17.4 Å². The maximum atomic E-state index is 12.5. The fraction of sp³-hybridized carbons (Fsp3) is 0.500. The third-order valence-corrected chi connectivity index (χ3v) is 5.38. The highest BCUT2D eigenvalue weighted by Gasteiger charge is 2.19. The molecule has 0 bridgehead atoms. The highest BCUT2D eigenvalue weighted by atomic mass is 16.5. The molecule has 0 spiro atoms. The van der Waals surface area contributed by atoms with E-state index in [-0.39, 0.29) is 24.3 Å². The summed E-state index contributed by atoms with van der Waals surface area (Å²) in [5, 5.41) is 13.9. The number of aryl methyl sites for hydroxylation is 3. The number of H-pyrrole nitrogens is 1. The lowest BCUT2D eigenvalue weighted by molar-refractivity contribution is 0.0938. The number of aliphatic hydroxyl groups excluding tert-OH is 1. The Morgan fingerprint density at radius 2 is 2.00 bits per heavy atom. The number of rotatable bonds is 10. The molecule has 1 aromatic carbocycles. The molecule has 2 aromatic heterocycles. The van der Waals surface area contributed by atoms with Crippen molar-refractivity contribution in [3.63, 3.8) is 0 Å². The zero-order chi connectivity index (χ0) is 22.5. The molecule has 0 amide bonds. The summed E-state index contributed by atoms with van der Waals surface area (Å²) in [5.74, 6) is 1.12. The molecule has 31 heavy (non-hydrogen) atoms. The van der Waals surface area contributed by atoms with Crippen LogP contribution in [0.5, 0.6) is 5.75 Å². The van der Waals surface area contributed by atoms with Crippen molar-refractivity contribution in [2.75, 3.05) is 18.5 Å². The Labute approximate surface area is 180 Å². The molecule has 0 aliphatic heterocycles. The van der Waals surface area contributed by atoms with Gasteiger partial charge in [0.15, 0.2) is 11.2 Å². The monoisotopic (exact) mass is 429 g/mol. The van der Waals surface area contributed by atoms with Crippen LogP contribution in [0.1, 0.15) is 37.3 Å². The molecule has 1 atom stereocenters. The van der Waals surface area contributed by atoms with Crippen LogP contribution >= 0.6 is 0 Å². The Balaban J connectivity index is 1.84. The van der Waals surface area contributed by atoms with Gasteiger partial charge in [0, 0.05) is 13.6 Å². The molecule has 0 saturated carbocycles. The smallest absolute Gasteiger partial charge is 0.329 e. The molecule has 3 N–H and O–H groups in total. The SMILES string of the molecule is CCCCCNc1nc2c(c(=O)[nH]c(=O)n2C)n1C[C@@H](O)COc1ccc(C)c(C)c1. The second-order valence-corrected chi connectivity index (χ2v) is 7.88. The van der Waals surface area contributed by atoms with Gasteiger partial charge in [0.05, 0.1) is 6.54 Å². The number of imidazole rings is 1. The van der Waals surface area contributed by atoms with Crippen LogP contribution < -0.4 is 21.3 Å². The number of nitrogens with one attached hydrogen (secondary N) is 2. The second-order valence-electron chi connectivity index (χ2n) is 7.88. The van der Waals surface area contributed by atoms with Gasteiger partial charge in [-0.25, -0.2) is 4.79 Å². The van der Waals surface area contributed by atoms with Crippen LogP contribution in [0.4, 0.5) is 5.95 Å². The summed E-state index contributed by atoms with van der Waals surface area (Å²) in [5.41, 5.74) is 1.73. The molecule has 0 saturated heterocycles. The highest BCUT2D eigenvalue weighted by molar-refractivity contribution is 5.74. The molecule has 0 aliphatic rings. The lowest BCUT2D eigenvalue weighted by Gasteiger charge is -2.16. The highest BCUT2D eigenvalue weighted by Crippen LogP contribution is 2.19. The van der Waals surface area contributed by atoms with Crippen LogP contribution in [-0.2, 0) is 13.6 Å². The number of hydrogen-bond donors (Lipinski definition) is 3. The van der Waals surface area contributed by atoms with E-state index in [1.807, 2.05) is 32.0 Å². The molecule has 0 unspecified atom stereocenters. The lowest BCUT2D eigenvalue weighted by Crippen LogP contribution is -2.31. The zero-order valence-electron chi connectivity index (χ0n) is 18.6. The van der Waals surface area contributed by atoms with Crippen molar-refractivity contribution in [1.82, 2.24) is 19.1 Å². The average Bonchev–Trinajstić information content (AvgIpc) is 3.09. The number of aliphatic hydroxyl groups is 1. The van der Waals surface area contributed by atoms with Gasteiger partial charge >= 0.3 is 5.69 Å². The van der Waals surface area contributed by atoms with Crippen LogP contribution in [0.2, 0.25) is 0 Å². The van der Waals surface area contributed by atoms with Crippen molar-refractivity contribution in [3.05, 3.63) is 50.2 Å². The Kier molecular flexibility index (Phi) is 7.17. The average molecular weight is 430 g/mol. The largest absolute Gasteiger partial charge is 0.491 e. The van der Waals surface area contributed by atoms with Crippen molar-refractivity contribution in [1.29, 1.82) is 0 Å². The van der Waals surface area contributed by atoms with E-state index in [1.54, 1.807) is 11.6 Å². The summed E-state index contributed by atoms with van der Waals surface area (Å²) in [7, 11) is 1.55. The molecule has 0 aliphatic carbocycles. The summed E-state index contributed by atoms with van der Waals surface area (Å²) in [6.45, 7) is 6.98. The number of nitrogens with zero attached hydrogens (tertiary/aromatic N) is 3. The Morgan fingerprint density at radius 1 is 1.23 bits per heavy atom. The summed E-state index contributed by atoms with van der Waals surface area (Å²) in [6.07, 6.45) is 2.22. The molecule has 3 aromatic rings.